The van der Waals surface area contributed by atoms with Crippen molar-refractivity contribution < 1.29 is 15.1 Å². The molecule has 138 valence electrons. The number of likely N-dealkylation sites (tertiary alicyclic amines) is 1. The third kappa shape index (κ3) is 4.92. The highest BCUT2D eigenvalue weighted by atomic mass is 79.9. The Hall–Kier alpha value is -1.73. The molecule has 1 heterocycles. The van der Waals surface area contributed by atoms with Gasteiger partial charge >= 0.3 is 0 Å². The number of nitrogens with zero attached hydrogens (tertiary/aromatic N) is 2. The first-order valence-corrected chi connectivity index (χ1v) is 9.53. The highest BCUT2D eigenvalue weighted by Gasteiger charge is 2.30. The quantitative estimate of drug-likeness (QED) is 0.558. The molecule has 2 aromatic rings. The summed E-state index contributed by atoms with van der Waals surface area (Å²) in [7, 11) is 0. The Kier molecular flexibility index (Phi) is 6.43. The molecule has 1 aliphatic heterocycles. The van der Waals surface area contributed by atoms with E-state index in [1.807, 2.05) is 54.6 Å². The van der Waals surface area contributed by atoms with Crippen LogP contribution < -0.4 is 0 Å². The van der Waals surface area contributed by atoms with Crippen LogP contribution in [0.2, 0.25) is 0 Å². The normalized spacial score (nSPS) is 18.7. The van der Waals surface area contributed by atoms with E-state index >= 15 is 0 Å². The first kappa shape index (κ1) is 19.0. The molecule has 1 fully saturated rings. The number of benzene rings is 2. The molecule has 1 saturated heterocycles. The molecule has 6 heteroatoms. The molecule has 0 radical (unpaired) electrons. The number of hydrogen-bond donors (Lipinski definition) is 2. The van der Waals surface area contributed by atoms with E-state index < -0.39 is 0 Å². The molecule has 0 aromatic heterocycles. The van der Waals surface area contributed by atoms with Crippen LogP contribution >= 0.6 is 15.9 Å². The lowest BCUT2D eigenvalue weighted by Gasteiger charge is -2.30. The fraction of sp³-hybridized carbons (Fsp3) is 0.350. The van der Waals surface area contributed by atoms with Crippen molar-refractivity contribution in [3.63, 3.8) is 0 Å². The Morgan fingerprint density at radius 1 is 1.19 bits per heavy atom. The predicted molar refractivity (Wildman–Crippen MR) is 103 cm³/mol. The monoisotopic (exact) mass is 418 g/mol. The van der Waals surface area contributed by atoms with Crippen molar-refractivity contribution in [2.24, 2.45) is 0 Å². The summed E-state index contributed by atoms with van der Waals surface area (Å²) >= 11 is 3.37. The third-order valence-corrected chi connectivity index (χ3v) is 5.25. The van der Waals surface area contributed by atoms with Gasteiger partial charge in [-0.15, -0.1) is 0 Å². The second-order valence-corrected chi connectivity index (χ2v) is 7.56. The predicted octanol–water partition coefficient (Wildman–Crippen LogP) is 3.02. The van der Waals surface area contributed by atoms with Gasteiger partial charge in [0.15, 0.2) is 0 Å². The Morgan fingerprint density at radius 3 is 2.50 bits per heavy atom. The zero-order valence-corrected chi connectivity index (χ0v) is 16.0. The Morgan fingerprint density at radius 2 is 1.88 bits per heavy atom. The molecule has 0 bridgehead atoms. The molecule has 0 spiro atoms. The van der Waals surface area contributed by atoms with Gasteiger partial charge in [-0.1, -0.05) is 58.4 Å². The van der Waals surface area contributed by atoms with Crippen LogP contribution in [0.15, 0.2) is 59.1 Å². The summed E-state index contributed by atoms with van der Waals surface area (Å²) in [6, 6.07) is 17.1. The van der Waals surface area contributed by atoms with E-state index in [4.69, 9.17) is 0 Å². The number of hydroxylamine groups is 2. The molecule has 1 amide bonds. The van der Waals surface area contributed by atoms with E-state index in [-0.39, 0.29) is 31.0 Å². The zero-order valence-electron chi connectivity index (χ0n) is 14.5. The lowest BCUT2D eigenvalue weighted by molar-refractivity contribution is -0.168. The van der Waals surface area contributed by atoms with E-state index in [1.54, 1.807) is 0 Å². The lowest BCUT2D eigenvalue weighted by atomic mass is 10.0. The number of halogens is 1. The summed E-state index contributed by atoms with van der Waals surface area (Å²) in [4.78, 5) is 14.6. The molecular formula is C20H23BrN2O3. The highest BCUT2D eigenvalue weighted by Crippen LogP contribution is 2.26. The average Bonchev–Trinajstić information content (AvgIpc) is 3.08. The molecule has 2 N–H and O–H groups in total. The topological polar surface area (TPSA) is 64.0 Å². The molecule has 2 atom stereocenters. The first-order chi connectivity index (χ1) is 12.5. The van der Waals surface area contributed by atoms with Crippen molar-refractivity contribution in [2.45, 2.75) is 25.0 Å². The van der Waals surface area contributed by atoms with Crippen LogP contribution in [-0.4, -0.2) is 51.9 Å². The van der Waals surface area contributed by atoms with Gasteiger partial charge in [0.1, 0.15) is 0 Å². The van der Waals surface area contributed by atoms with E-state index in [9.17, 15) is 15.1 Å². The summed E-state index contributed by atoms with van der Waals surface area (Å²) in [5, 5.41) is 21.1. The van der Waals surface area contributed by atoms with Crippen LogP contribution in [-0.2, 0) is 11.2 Å². The second kappa shape index (κ2) is 8.77. The van der Waals surface area contributed by atoms with Crippen LogP contribution in [0.5, 0.6) is 0 Å². The molecule has 0 unspecified atom stereocenters. The summed E-state index contributed by atoms with van der Waals surface area (Å²) in [5.74, 6) is -0.340. The molecule has 5 nitrogen and oxygen atoms in total. The molecule has 0 aliphatic carbocycles. The average molecular weight is 419 g/mol. The van der Waals surface area contributed by atoms with Gasteiger partial charge in [-0.05, 0) is 29.7 Å². The number of carbonyl (C=O) groups excluding carboxylic acids is 1. The van der Waals surface area contributed by atoms with Crippen molar-refractivity contribution in [1.82, 2.24) is 9.96 Å². The van der Waals surface area contributed by atoms with Gasteiger partial charge in [-0.3, -0.25) is 14.9 Å². The SMILES string of the molecule is O=C(Cc1ccc(Br)cc1)N(O)C[C@@H](c1ccccc1)N1CC[C@H](O)C1. The minimum Gasteiger partial charge on any atom is -0.392 e. The number of hydrogen-bond acceptors (Lipinski definition) is 4. The van der Waals surface area contributed by atoms with Gasteiger partial charge in [0.2, 0.25) is 5.91 Å². The maximum absolute atomic E-state index is 12.4. The van der Waals surface area contributed by atoms with Crippen LogP contribution in [0.25, 0.3) is 0 Å². The van der Waals surface area contributed by atoms with Gasteiger partial charge in [-0.25, -0.2) is 5.06 Å². The number of β-amino-alcohol motifs (C(OH)–C–C–N with tert-alkyl or cyclic N) is 1. The highest BCUT2D eigenvalue weighted by molar-refractivity contribution is 9.10. The van der Waals surface area contributed by atoms with E-state index in [0.717, 1.165) is 27.2 Å². The van der Waals surface area contributed by atoms with Gasteiger partial charge in [0.25, 0.3) is 0 Å². The van der Waals surface area contributed by atoms with Crippen LogP contribution in [0, 0.1) is 0 Å². The fourth-order valence-corrected chi connectivity index (χ4v) is 3.56. The summed E-state index contributed by atoms with van der Waals surface area (Å²) in [6.07, 6.45) is 0.502. The van der Waals surface area contributed by atoms with E-state index in [1.165, 1.54) is 0 Å². The molecule has 0 saturated carbocycles. The summed E-state index contributed by atoms with van der Waals surface area (Å²) in [5.41, 5.74) is 1.88. The Balaban J connectivity index is 1.69. The second-order valence-electron chi connectivity index (χ2n) is 6.64. The van der Waals surface area contributed by atoms with E-state index in [2.05, 4.69) is 20.8 Å². The zero-order chi connectivity index (χ0) is 18.5. The van der Waals surface area contributed by atoms with Gasteiger partial charge < -0.3 is 5.11 Å². The molecule has 3 rings (SSSR count). The molecular weight excluding hydrogens is 396 g/mol. The molecule has 1 aliphatic rings. The first-order valence-electron chi connectivity index (χ1n) is 8.73. The summed E-state index contributed by atoms with van der Waals surface area (Å²) < 4.78 is 0.950. The third-order valence-electron chi connectivity index (χ3n) is 4.72. The maximum Gasteiger partial charge on any atom is 0.250 e. The fourth-order valence-electron chi connectivity index (χ4n) is 3.29. The van der Waals surface area contributed by atoms with Gasteiger partial charge in [-0.2, -0.15) is 0 Å². The largest absolute Gasteiger partial charge is 0.392 e. The minimum absolute atomic E-state index is 0.146. The number of carbonyl (C=O) groups is 1. The molecule has 26 heavy (non-hydrogen) atoms. The van der Waals surface area contributed by atoms with E-state index in [0.29, 0.717) is 13.0 Å². The van der Waals surface area contributed by atoms with Crippen LogP contribution in [0.4, 0.5) is 0 Å². The smallest absolute Gasteiger partial charge is 0.250 e. The Labute approximate surface area is 161 Å². The number of amides is 1. The van der Waals surface area contributed by atoms with Crippen molar-refractivity contribution in [3.8, 4) is 0 Å². The number of aliphatic hydroxyl groups excluding tert-OH is 1. The van der Waals surface area contributed by atoms with Gasteiger partial charge in [0, 0.05) is 17.6 Å². The summed E-state index contributed by atoms with van der Waals surface area (Å²) in [6.45, 7) is 1.47. The van der Waals surface area contributed by atoms with Crippen molar-refractivity contribution in [2.75, 3.05) is 19.6 Å². The Bertz CT molecular complexity index is 724. The minimum atomic E-state index is -0.355. The maximum atomic E-state index is 12.4. The van der Waals surface area contributed by atoms with Gasteiger partial charge in [0.05, 0.1) is 25.1 Å². The van der Waals surface area contributed by atoms with Crippen molar-refractivity contribution >= 4 is 21.8 Å². The number of rotatable bonds is 6. The number of aliphatic hydroxyl groups is 1. The van der Waals surface area contributed by atoms with Crippen LogP contribution in [0.1, 0.15) is 23.6 Å². The van der Waals surface area contributed by atoms with Crippen LogP contribution in [0.3, 0.4) is 0 Å². The van der Waals surface area contributed by atoms with Crippen molar-refractivity contribution in [1.29, 1.82) is 0 Å². The molecule has 2 aromatic carbocycles. The standard InChI is InChI=1S/C20H23BrN2O3/c21-17-8-6-15(7-9-17)12-20(25)23(26)14-19(16-4-2-1-3-5-16)22-11-10-18(24)13-22/h1-9,18-19,24,26H,10-14H2/t18-,19-/m0/s1. The van der Waals surface area contributed by atoms with Crippen molar-refractivity contribution in [3.05, 3.63) is 70.2 Å². The lowest BCUT2D eigenvalue weighted by Crippen LogP contribution is -2.39.